The molecule has 0 fully saturated rings. The van der Waals surface area contributed by atoms with Crippen LogP contribution in [0.5, 0.6) is 0 Å². The third-order valence-corrected chi connectivity index (χ3v) is 6.41. The summed E-state index contributed by atoms with van der Waals surface area (Å²) in [5.41, 5.74) is 10.3. The molecule has 37 heavy (non-hydrogen) atoms. The summed E-state index contributed by atoms with van der Waals surface area (Å²) in [5, 5.41) is 4.44. The van der Waals surface area contributed by atoms with Crippen LogP contribution in [0.2, 0.25) is 0 Å². The molecule has 0 aliphatic carbocycles. The van der Waals surface area contributed by atoms with E-state index in [9.17, 15) is 9.59 Å². The molecule has 0 saturated carbocycles. The Hall–Kier alpha value is -5.24. The summed E-state index contributed by atoms with van der Waals surface area (Å²) in [5.74, 6) is -0.0695. The average Bonchev–Trinajstić information content (AvgIpc) is 3.26. The summed E-state index contributed by atoms with van der Waals surface area (Å²) in [7, 11) is 1.90. The summed E-state index contributed by atoms with van der Waals surface area (Å²) in [6, 6.07) is 25.8. The number of nitrogens with one attached hydrogen (secondary N) is 1. The van der Waals surface area contributed by atoms with Crippen molar-refractivity contribution in [3.05, 3.63) is 113 Å². The lowest BCUT2D eigenvalue weighted by Gasteiger charge is -2.13. The number of anilines is 2. The van der Waals surface area contributed by atoms with Crippen LogP contribution in [0.25, 0.3) is 38.8 Å². The Morgan fingerprint density at radius 2 is 1.65 bits per heavy atom. The van der Waals surface area contributed by atoms with Crippen molar-refractivity contribution >= 4 is 39.3 Å². The topological polar surface area (TPSA) is 108 Å². The second kappa shape index (κ2) is 8.76. The quantitative estimate of drug-likeness (QED) is 0.373. The van der Waals surface area contributed by atoms with E-state index in [1.54, 1.807) is 22.8 Å². The van der Waals surface area contributed by atoms with E-state index in [1.807, 2.05) is 84.5 Å². The summed E-state index contributed by atoms with van der Waals surface area (Å²) < 4.78 is 3.47. The molecule has 180 valence electrons. The van der Waals surface area contributed by atoms with E-state index in [0.717, 1.165) is 33.1 Å². The van der Waals surface area contributed by atoms with Gasteiger partial charge in [-0.1, -0.05) is 48.5 Å². The number of nitrogen functional groups attached to an aromatic ring is 1. The maximum Gasteiger partial charge on any atom is 0.268 e. The van der Waals surface area contributed by atoms with Gasteiger partial charge in [0.05, 0.1) is 10.9 Å². The molecule has 3 heterocycles. The molecule has 6 aromatic rings. The molecule has 0 spiro atoms. The fourth-order valence-corrected chi connectivity index (χ4v) is 4.64. The van der Waals surface area contributed by atoms with E-state index in [-0.39, 0.29) is 11.1 Å². The number of aromatic nitrogens is 4. The molecule has 0 atom stereocenters. The van der Waals surface area contributed by atoms with E-state index in [1.165, 1.54) is 6.33 Å². The average molecular weight is 487 g/mol. The maximum atomic E-state index is 13.5. The zero-order valence-electron chi connectivity index (χ0n) is 19.9. The van der Waals surface area contributed by atoms with Gasteiger partial charge in [0.15, 0.2) is 0 Å². The van der Waals surface area contributed by atoms with Crippen LogP contribution >= 0.6 is 0 Å². The Balaban J connectivity index is 1.36. The molecule has 0 radical (unpaired) electrons. The monoisotopic (exact) mass is 486 g/mol. The molecule has 0 bridgehead atoms. The number of hydrogen-bond donors (Lipinski definition) is 2. The van der Waals surface area contributed by atoms with Crippen molar-refractivity contribution in [1.29, 1.82) is 0 Å². The predicted octanol–water partition coefficient (Wildman–Crippen LogP) is 4.77. The lowest BCUT2D eigenvalue weighted by Crippen LogP contribution is -2.28. The number of aryl methyl sites for hydroxylation is 1. The fourth-order valence-electron chi connectivity index (χ4n) is 4.64. The van der Waals surface area contributed by atoms with Crippen LogP contribution in [0, 0.1) is 0 Å². The minimum atomic E-state index is -0.476. The van der Waals surface area contributed by atoms with Crippen molar-refractivity contribution in [3.63, 3.8) is 0 Å². The molecule has 8 nitrogen and oxygen atoms in total. The first-order valence-electron chi connectivity index (χ1n) is 11.7. The third-order valence-electron chi connectivity index (χ3n) is 6.41. The highest BCUT2D eigenvalue weighted by Gasteiger charge is 2.18. The summed E-state index contributed by atoms with van der Waals surface area (Å²) in [4.78, 5) is 35.2. The molecule has 6 rings (SSSR count). The zero-order chi connectivity index (χ0) is 25.5. The molecule has 3 N–H and O–H groups in total. The van der Waals surface area contributed by atoms with Crippen molar-refractivity contribution in [2.75, 3.05) is 11.1 Å². The largest absolute Gasteiger partial charge is 0.383 e. The van der Waals surface area contributed by atoms with Crippen molar-refractivity contribution in [3.8, 4) is 16.8 Å². The van der Waals surface area contributed by atoms with Gasteiger partial charge in [-0.3, -0.25) is 14.2 Å². The molecule has 0 saturated heterocycles. The molecule has 0 aliphatic heterocycles. The van der Waals surface area contributed by atoms with Crippen LogP contribution in [0.1, 0.15) is 10.4 Å². The highest BCUT2D eigenvalue weighted by Crippen LogP contribution is 2.32. The van der Waals surface area contributed by atoms with Crippen LogP contribution in [0.15, 0.2) is 102 Å². The number of carbonyl (C=O) groups excluding carboxylic acids is 1. The van der Waals surface area contributed by atoms with Crippen LogP contribution < -0.4 is 16.6 Å². The maximum absolute atomic E-state index is 13.5. The lowest BCUT2D eigenvalue weighted by molar-refractivity contribution is 0.102. The van der Waals surface area contributed by atoms with Gasteiger partial charge in [-0.05, 0) is 47.3 Å². The van der Waals surface area contributed by atoms with Gasteiger partial charge in [0.25, 0.3) is 11.5 Å². The van der Waals surface area contributed by atoms with E-state index < -0.39 is 5.91 Å². The van der Waals surface area contributed by atoms with E-state index in [0.29, 0.717) is 17.2 Å². The highest BCUT2D eigenvalue weighted by molar-refractivity contribution is 6.06. The number of amides is 1. The minimum absolute atomic E-state index is 0.0607. The zero-order valence-corrected chi connectivity index (χ0v) is 19.9. The number of pyridine rings is 1. The smallest absolute Gasteiger partial charge is 0.268 e. The number of carbonyl (C=O) groups is 1. The number of nitrogens with two attached hydrogens (primary N) is 1. The first-order chi connectivity index (χ1) is 18.0. The van der Waals surface area contributed by atoms with Gasteiger partial charge in [0.1, 0.15) is 23.4 Å². The molecular formula is C29H22N6O2. The predicted molar refractivity (Wildman–Crippen MR) is 146 cm³/mol. The number of fused-ring (bicyclic) bond motifs is 2. The molecule has 8 heteroatoms. The number of rotatable bonds is 4. The Bertz CT molecular complexity index is 1850. The standard InChI is InChI=1S/C29H22N6O2/c1-34-16-23(25-26(30)31-17-32-27(25)34)18-11-13-20(14-12-18)33-28(36)22-15-19-7-5-6-10-24(19)35(29(22)37)21-8-3-2-4-9-21/h2-17H,1H3,(H,33,36)(H2,30,31,32). The minimum Gasteiger partial charge on any atom is -0.383 e. The van der Waals surface area contributed by atoms with Crippen molar-refractivity contribution in [2.24, 2.45) is 7.05 Å². The van der Waals surface area contributed by atoms with Gasteiger partial charge in [0.2, 0.25) is 0 Å². The Kier molecular flexibility index (Phi) is 5.27. The number of nitrogens with zero attached hydrogens (tertiary/aromatic N) is 4. The van der Waals surface area contributed by atoms with Gasteiger partial charge < -0.3 is 15.6 Å². The van der Waals surface area contributed by atoms with Crippen LogP contribution in [-0.4, -0.2) is 25.0 Å². The Labute approximate surface area is 211 Å². The van der Waals surface area contributed by atoms with Crippen LogP contribution in [0.4, 0.5) is 11.5 Å². The Morgan fingerprint density at radius 1 is 0.919 bits per heavy atom. The van der Waals surface area contributed by atoms with Crippen molar-refractivity contribution in [1.82, 2.24) is 19.1 Å². The molecule has 1 amide bonds. The van der Waals surface area contributed by atoms with Crippen LogP contribution in [0.3, 0.4) is 0 Å². The lowest BCUT2D eigenvalue weighted by atomic mass is 10.1. The Morgan fingerprint density at radius 3 is 2.43 bits per heavy atom. The van der Waals surface area contributed by atoms with Crippen molar-refractivity contribution < 1.29 is 4.79 Å². The van der Waals surface area contributed by atoms with Gasteiger partial charge in [-0.2, -0.15) is 0 Å². The highest BCUT2D eigenvalue weighted by atomic mass is 16.2. The van der Waals surface area contributed by atoms with Gasteiger partial charge in [-0.25, -0.2) is 9.97 Å². The van der Waals surface area contributed by atoms with Crippen molar-refractivity contribution in [2.45, 2.75) is 0 Å². The van der Waals surface area contributed by atoms with E-state index in [4.69, 9.17) is 5.73 Å². The normalized spacial score (nSPS) is 11.2. The molecule has 0 unspecified atom stereocenters. The number of benzene rings is 3. The first-order valence-corrected chi connectivity index (χ1v) is 11.7. The second-order valence-corrected chi connectivity index (χ2v) is 8.74. The van der Waals surface area contributed by atoms with Gasteiger partial charge >= 0.3 is 0 Å². The summed E-state index contributed by atoms with van der Waals surface area (Å²) in [6.07, 6.45) is 3.39. The second-order valence-electron chi connectivity index (χ2n) is 8.74. The SMILES string of the molecule is Cn1cc(-c2ccc(NC(=O)c3cc4ccccc4n(-c4ccccc4)c3=O)cc2)c2c(N)ncnc21. The number of hydrogen-bond acceptors (Lipinski definition) is 5. The van der Waals surface area contributed by atoms with E-state index >= 15 is 0 Å². The molecule has 3 aromatic carbocycles. The summed E-state index contributed by atoms with van der Waals surface area (Å²) >= 11 is 0. The molecule has 3 aromatic heterocycles. The van der Waals surface area contributed by atoms with Gasteiger partial charge in [0, 0.05) is 30.2 Å². The van der Waals surface area contributed by atoms with Gasteiger partial charge in [-0.15, -0.1) is 0 Å². The summed E-state index contributed by atoms with van der Waals surface area (Å²) in [6.45, 7) is 0. The van der Waals surface area contributed by atoms with E-state index in [2.05, 4.69) is 15.3 Å². The third kappa shape index (κ3) is 3.81. The number of para-hydroxylation sites is 2. The van der Waals surface area contributed by atoms with Crippen LogP contribution in [-0.2, 0) is 7.05 Å². The fraction of sp³-hybridized carbons (Fsp3) is 0.0345. The molecular weight excluding hydrogens is 464 g/mol. The molecule has 0 aliphatic rings. The first kappa shape index (κ1) is 22.2.